The van der Waals surface area contributed by atoms with E-state index in [2.05, 4.69) is 30.6 Å². The summed E-state index contributed by atoms with van der Waals surface area (Å²) in [7, 11) is 0. The first-order chi connectivity index (χ1) is 10.2. The number of nitrogens with one attached hydrogen (secondary N) is 4. The van der Waals surface area contributed by atoms with Gasteiger partial charge in [0.1, 0.15) is 6.42 Å². The van der Waals surface area contributed by atoms with Gasteiger partial charge in [0.2, 0.25) is 11.8 Å². The molecule has 0 bridgehead atoms. The number of aromatic amines is 2. The van der Waals surface area contributed by atoms with Crippen molar-refractivity contribution in [2.45, 2.75) is 19.3 Å². The largest absolute Gasteiger partial charge is 0.412 e. The lowest BCUT2D eigenvalue weighted by molar-refractivity contribution is -0.129. The molecule has 0 aliphatic carbocycles. The summed E-state index contributed by atoms with van der Waals surface area (Å²) < 4.78 is 0. The highest BCUT2D eigenvalue weighted by molar-refractivity contribution is 5.96. The van der Waals surface area contributed by atoms with Crippen molar-refractivity contribution in [2.75, 3.05) is 13.1 Å². The molecule has 2 aromatic rings. The second-order valence-corrected chi connectivity index (χ2v) is 4.53. The predicted molar refractivity (Wildman–Crippen MR) is 93.3 cm³/mol. The molecule has 0 aliphatic heterocycles. The van der Waals surface area contributed by atoms with Crippen LogP contribution in [0.25, 0.3) is 0 Å². The summed E-state index contributed by atoms with van der Waals surface area (Å²) in [5.41, 5.74) is 1.89. The van der Waals surface area contributed by atoms with Crippen molar-refractivity contribution < 1.29 is 15.1 Å². The average molecular weight is 381 g/mol. The Morgan fingerprint density at radius 3 is 1.62 bits per heavy atom. The molecule has 0 aliphatic rings. The summed E-state index contributed by atoms with van der Waals surface area (Å²) in [5, 5.41) is 5.38. The Morgan fingerprint density at radius 1 is 0.875 bits per heavy atom. The number of hydrogen-bond donors (Lipinski definition) is 4. The highest BCUT2D eigenvalue weighted by atomic mass is 35.5. The third kappa shape index (κ3) is 9.13. The molecule has 0 fully saturated rings. The van der Waals surface area contributed by atoms with Crippen LogP contribution in [0.2, 0.25) is 0 Å². The van der Waals surface area contributed by atoms with E-state index in [1.54, 1.807) is 25.0 Å². The van der Waals surface area contributed by atoms with Crippen LogP contribution in [-0.4, -0.2) is 50.3 Å². The predicted octanol–water partition coefficient (Wildman–Crippen LogP) is -0.441. The molecular weight excluding hydrogens is 359 g/mol. The van der Waals surface area contributed by atoms with Crippen molar-refractivity contribution in [3.05, 3.63) is 36.4 Å². The third-order valence-corrected chi connectivity index (χ3v) is 2.86. The van der Waals surface area contributed by atoms with Gasteiger partial charge in [0, 0.05) is 49.7 Å². The summed E-state index contributed by atoms with van der Waals surface area (Å²) in [5.74, 6) is -0.567. The zero-order valence-electron chi connectivity index (χ0n) is 12.9. The van der Waals surface area contributed by atoms with Gasteiger partial charge in [-0.1, -0.05) is 0 Å². The molecule has 9 nitrogen and oxygen atoms in total. The molecule has 0 aromatic carbocycles. The molecule has 0 saturated heterocycles. The van der Waals surface area contributed by atoms with Crippen LogP contribution in [0.3, 0.4) is 0 Å². The monoisotopic (exact) mass is 380 g/mol. The maximum absolute atomic E-state index is 11.6. The zero-order valence-corrected chi connectivity index (χ0v) is 14.5. The fourth-order valence-electron chi connectivity index (χ4n) is 1.79. The lowest BCUT2D eigenvalue weighted by Crippen LogP contribution is -2.33. The summed E-state index contributed by atoms with van der Waals surface area (Å²) in [6.45, 7) is 0.949. The van der Waals surface area contributed by atoms with Crippen molar-refractivity contribution in [1.82, 2.24) is 30.6 Å². The van der Waals surface area contributed by atoms with Gasteiger partial charge in [0.15, 0.2) is 0 Å². The standard InChI is InChI=1S/C13H18N6O2.2ClH.H2O/c20-12(16-3-1-10-6-14-8-18-10)5-13(21)17-4-2-11-7-15-9-19-11;;;/h6-9H,1-5H2,(H,14,18)(H,15,19)(H,16,20)(H,17,21);2*1H;1H2. The number of nitrogens with zero attached hydrogens (tertiary/aromatic N) is 2. The average Bonchev–Trinajstić information content (AvgIpc) is 3.11. The molecule has 6 N–H and O–H groups in total. The van der Waals surface area contributed by atoms with Gasteiger partial charge in [-0.2, -0.15) is 0 Å². The van der Waals surface area contributed by atoms with Crippen LogP contribution in [0.4, 0.5) is 0 Å². The number of H-pyrrole nitrogens is 2. The number of carbonyl (C=O) groups excluding carboxylic acids is 2. The van der Waals surface area contributed by atoms with Crippen molar-refractivity contribution in [3.63, 3.8) is 0 Å². The highest BCUT2D eigenvalue weighted by Gasteiger charge is 2.08. The van der Waals surface area contributed by atoms with Gasteiger partial charge in [-0.25, -0.2) is 9.97 Å². The van der Waals surface area contributed by atoms with Crippen LogP contribution >= 0.6 is 24.8 Å². The van der Waals surface area contributed by atoms with E-state index < -0.39 is 0 Å². The number of carbonyl (C=O) groups is 2. The first-order valence-corrected chi connectivity index (χ1v) is 6.72. The maximum Gasteiger partial charge on any atom is 0.229 e. The van der Waals surface area contributed by atoms with Crippen LogP contribution in [0.5, 0.6) is 0 Å². The second-order valence-electron chi connectivity index (χ2n) is 4.53. The lowest BCUT2D eigenvalue weighted by Gasteiger charge is -2.05. The van der Waals surface area contributed by atoms with Crippen molar-refractivity contribution >= 4 is 36.6 Å². The summed E-state index contributed by atoms with van der Waals surface area (Å²) in [6.07, 6.45) is 7.74. The number of hydrogen-bond acceptors (Lipinski definition) is 4. The smallest absolute Gasteiger partial charge is 0.229 e. The molecule has 24 heavy (non-hydrogen) atoms. The Bertz CT molecular complexity index is 512. The first kappa shape index (κ1) is 24.2. The number of halogens is 2. The number of aromatic nitrogens is 4. The molecule has 2 amide bonds. The number of rotatable bonds is 8. The van der Waals surface area contributed by atoms with Crippen LogP contribution in [0.15, 0.2) is 25.0 Å². The molecule has 0 saturated carbocycles. The SMILES string of the molecule is Cl.Cl.O.O=C(CC(=O)NCCc1cnc[nH]1)NCCc1cnc[nH]1. The van der Waals surface area contributed by atoms with E-state index in [1.165, 1.54) is 0 Å². The van der Waals surface area contributed by atoms with Gasteiger partial charge in [0.05, 0.1) is 12.7 Å². The van der Waals surface area contributed by atoms with E-state index in [-0.39, 0.29) is 48.5 Å². The second kappa shape index (κ2) is 13.3. The molecule has 136 valence electrons. The molecule has 2 rings (SSSR count). The summed E-state index contributed by atoms with van der Waals surface area (Å²) >= 11 is 0. The third-order valence-electron chi connectivity index (χ3n) is 2.86. The zero-order chi connectivity index (χ0) is 14.9. The molecule has 0 atom stereocenters. The normalized spacial score (nSPS) is 9.00. The molecule has 2 aromatic heterocycles. The molecule has 11 heteroatoms. The van der Waals surface area contributed by atoms with Gasteiger partial charge in [0.25, 0.3) is 0 Å². The quantitative estimate of drug-likeness (QED) is 0.459. The minimum Gasteiger partial charge on any atom is -0.412 e. The number of imidazole rings is 2. The van der Waals surface area contributed by atoms with E-state index in [0.29, 0.717) is 25.9 Å². The Hall–Kier alpha value is -2.10. The fourth-order valence-corrected chi connectivity index (χ4v) is 1.79. The molecule has 2 heterocycles. The van der Waals surface area contributed by atoms with Gasteiger partial charge in [-0.15, -0.1) is 24.8 Å². The Labute approximate surface area is 151 Å². The van der Waals surface area contributed by atoms with Crippen LogP contribution in [0, 0.1) is 0 Å². The fraction of sp³-hybridized carbons (Fsp3) is 0.385. The van der Waals surface area contributed by atoms with Crippen molar-refractivity contribution in [1.29, 1.82) is 0 Å². The molecule has 0 unspecified atom stereocenters. The van der Waals surface area contributed by atoms with Crippen LogP contribution in [-0.2, 0) is 22.4 Å². The highest BCUT2D eigenvalue weighted by Crippen LogP contribution is 1.92. The summed E-state index contributed by atoms with van der Waals surface area (Å²) in [4.78, 5) is 36.8. The van der Waals surface area contributed by atoms with Gasteiger partial charge in [-0.05, 0) is 0 Å². The minimum absolute atomic E-state index is 0. The topological polar surface area (TPSA) is 147 Å². The van der Waals surface area contributed by atoms with Gasteiger partial charge in [-0.3, -0.25) is 9.59 Å². The van der Waals surface area contributed by atoms with E-state index in [0.717, 1.165) is 11.4 Å². The summed E-state index contributed by atoms with van der Waals surface area (Å²) in [6, 6.07) is 0. The molecule has 0 spiro atoms. The van der Waals surface area contributed by atoms with Gasteiger partial charge < -0.3 is 26.1 Å². The molecule has 0 radical (unpaired) electrons. The Morgan fingerprint density at radius 2 is 1.29 bits per heavy atom. The Balaban J connectivity index is 0. The van der Waals surface area contributed by atoms with Gasteiger partial charge >= 0.3 is 0 Å². The van der Waals surface area contributed by atoms with E-state index in [9.17, 15) is 9.59 Å². The van der Waals surface area contributed by atoms with Crippen molar-refractivity contribution in [2.24, 2.45) is 0 Å². The van der Waals surface area contributed by atoms with Crippen LogP contribution in [0.1, 0.15) is 17.8 Å². The molecular formula is C13H22Cl2N6O3. The minimum atomic E-state index is -0.284. The van der Waals surface area contributed by atoms with E-state index >= 15 is 0 Å². The first-order valence-electron chi connectivity index (χ1n) is 6.72. The van der Waals surface area contributed by atoms with Crippen LogP contribution < -0.4 is 10.6 Å². The van der Waals surface area contributed by atoms with E-state index in [1.807, 2.05) is 0 Å². The Kier molecular flexibility index (Phi) is 13.4. The number of amides is 2. The lowest BCUT2D eigenvalue weighted by atomic mass is 10.3. The van der Waals surface area contributed by atoms with Crippen molar-refractivity contribution in [3.8, 4) is 0 Å². The maximum atomic E-state index is 11.6. The van der Waals surface area contributed by atoms with E-state index in [4.69, 9.17) is 0 Å².